The van der Waals surface area contributed by atoms with Crippen LogP contribution >= 0.6 is 27.5 Å². The summed E-state index contributed by atoms with van der Waals surface area (Å²) in [5, 5.41) is 0.584. The van der Waals surface area contributed by atoms with Crippen molar-refractivity contribution in [3.05, 3.63) is 64.7 Å². The van der Waals surface area contributed by atoms with Crippen molar-refractivity contribution < 1.29 is 33.4 Å². The molecule has 0 aromatic heterocycles. The molecule has 2 saturated carbocycles. The zero-order valence-corrected chi connectivity index (χ0v) is 20.2. The Morgan fingerprint density at radius 3 is 2.44 bits per heavy atom. The minimum Gasteiger partial charge on any atom is -0.461 e. The molecule has 5 rings (SSSR count). The minimum absolute atomic E-state index is 0.0316. The molecular formula is C25H20BrClO7. The summed E-state index contributed by atoms with van der Waals surface area (Å²) >= 11 is 9.39. The average molecular weight is 548 g/mol. The van der Waals surface area contributed by atoms with Crippen LogP contribution in [0.3, 0.4) is 0 Å². The lowest BCUT2D eigenvalue weighted by molar-refractivity contribution is -0.154. The summed E-state index contributed by atoms with van der Waals surface area (Å²) in [6, 6.07) is 12.9. The second kappa shape index (κ2) is 9.15. The standard InChI is InChI=1S/C25H20BrClO7/c26-22-16-10-17-21(25(31)34-23(17)22)20(16)24(30)32-11-18(28)13-3-7-15(8-4-13)33-19(29)9-12-1-5-14(27)6-2-12/h1-8,16-17,20-23H,9-11H2/t16-,17-,20-,21+,22+,23+/m1/s1. The van der Waals surface area contributed by atoms with Gasteiger partial charge in [-0.05, 0) is 54.3 Å². The van der Waals surface area contributed by atoms with Crippen LogP contribution < -0.4 is 4.74 Å². The Morgan fingerprint density at radius 2 is 1.74 bits per heavy atom. The molecule has 2 bridgehead atoms. The van der Waals surface area contributed by atoms with Crippen LogP contribution in [0.2, 0.25) is 5.02 Å². The number of carbonyl (C=O) groups excluding carboxylic acids is 4. The van der Waals surface area contributed by atoms with Gasteiger partial charge in [0.05, 0.1) is 23.1 Å². The number of ketones is 1. The van der Waals surface area contributed by atoms with Crippen molar-refractivity contribution in [1.29, 1.82) is 0 Å². The van der Waals surface area contributed by atoms with Crippen LogP contribution in [0.4, 0.5) is 0 Å². The third kappa shape index (κ3) is 4.25. The van der Waals surface area contributed by atoms with Crippen molar-refractivity contribution in [1.82, 2.24) is 0 Å². The number of rotatable bonds is 7. The van der Waals surface area contributed by atoms with Gasteiger partial charge in [-0.15, -0.1) is 0 Å². The Labute approximate surface area is 208 Å². The monoisotopic (exact) mass is 546 g/mol. The SMILES string of the molecule is O=C(Cc1ccc(Cl)cc1)Oc1ccc(C(=O)COC(=O)[C@@H]2[C@H]3C[C@H]4[C@H](OC(=O)[C@@H]42)[C@H]3Br)cc1. The second-order valence-electron chi connectivity index (χ2n) is 8.79. The molecule has 3 fully saturated rings. The van der Waals surface area contributed by atoms with Crippen LogP contribution in [0, 0.1) is 23.7 Å². The second-order valence-corrected chi connectivity index (χ2v) is 10.3. The summed E-state index contributed by atoms with van der Waals surface area (Å²) in [6.07, 6.45) is 0.650. The molecule has 7 nitrogen and oxygen atoms in total. The Bertz CT molecular complexity index is 1150. The molecule has 176 valence electrons. The van der Waals surface area contributed by atoms with E-state index < -0.39 is 36.2 Å². The van der Waals surface area contributed by atoms with Crippen LogP contribution in [-0.2, 0) is 30.3 Å². The van der Waals surface area contributed by atoms with Crippen LogP contribution in [0.1, 0.15) is 22.3 Å². The van der Waals surface area contributed by atoms with Gasteiger partial charge >= 0.3 is 17.9 Å². The van der Waals surface area contributed by atoms with Crippen molar-refractivity contribution in [3.63, 3.8) is 0 Å². The van der Waals surface area contributed by atoms with Gasteiger partial charge in [0.15, 0.2) is 12.4 Å². The number of alkyl halides is 1. The van der Waals surface area contributed by atoms with E-state index in [0.29, 0.717) is 16.3 Å². The van der Waals surface area contributed by atoms with Crippen LogP contribution in [0.15, 0.2) is 48.5 Å². The quantitative estimate of drug-likeness (QED) is 0.225. The molecule has 1 saturated heterocycles. The van der Waals surface area contributed by atoms with Crippen molar-refractivity contribution in [2.45, 2.75) is 23.8 Å². The number of Topliss-reactive ketones (excluding diaryl/α,β-unsaturated/α-hetero) is 1. The summed E-state index contributed by atoms with van der Waals surface area (Å²) in [6.45, 7) is -0.430. The van der Waals surface area contributed by atoms with Crippen molar-refractivity contribution >= 4 is 51.2 Å². The van der Waals surface area contributed by atoms with E-state index in [4.69, 9.17) is 25.8 Å². The molecule has 2 aromatic rings. The highest BCUT2D eigenvalue weighted by atomic mass is 79.9. The largest absolute Gasteiger partial charge is 0.461 e. The molecule has 1 aliphatic heterocycles. The summed E-state index contributed by atoms with van der Waals surface area (Å²) in [7, 11) is 0. The fraction of sp³-hybridized carbons (Fsp3) is 0.360. The van der Waals surface area contributed by atoms with Crippen LogP contribution in [0.5, 0.6) is 5.75 Å². The van der Waals surface area contributed by atoms with Gasteiger partial charge in [-0.25, -0.2) is 0 Å². The normalized spacial score (nSPS) is 28.5. The number of halogens is 2. The van der Waals surface area contributed by atoms with E-state index in [1.54, 1.807) is 24.3 Å². The molecule has 0 unspecified atom stereocenters. The topological polar surface area (TPSA) is 96.0 Å². The Morgan fingerprint density at radius 1 is 1.03 bits per heavy atom. The van der Waals surface area contributed by atoms with Gasteiger partial charge in [-0.2, -0.15) is 0 Å². The maximum atomic E-state index is 12.7. The van der Waals surface area contributed by atoms with Crippen molar-refractivity contribution in [3.8, 4) is 5.75 Å². The maximum absolute atomic E-state index is 12.7. The molecule has 9 heteroatoms. The number of esters is 3. The van der Waals surface area contributed by atoms with Crippen LogP contribution in [0.25, 0.3) is 0 Å². The lowest BCUT2D eigenvalue weighted by Crippen LogP contribution is -2.39. The van der Waals surface area contributed by atoms with Gasteiger partial charge in [-0.3, -0.25) is 19.2 Å². The highest BCUT2D eigenvalue weighted by Gasteiger charge is 2.68. The Hall–Kier alpha value is -2.71. The summed E-state index contributed by atoms with van der Waals surface area (Å²) < 4.78 is 16.0. The highest BCUT2D eigenvalue weighted by Crippen LogP contribution is 2.60. The minimum atomic E-state index is -0.587. The van der Waals surface area contributed by atoms with Gasteiger partial charge < -0.3 is 14.2 Å². The summed E-state index contributed by atoms with van der Waals surface area (Å²) in [4.78, 5) is 49.5. The number of fused-ring (bicyclic) bond motifs is 1. The third-order valence-corrected chi connectivity index (χ3v) is 8.26. The first kappa shape index (κ1) is 23.1. The maximum Gasteiger partial charge on any atom is 0.315 e. The van der Waals surface area contributed by atoms with E-state index in [9.17, 15) is 19.2 Å². The van der Waals surface area contributed by atoms with Gasteiger partial charge in [0, 0.05) is 16.5 Å². The number of carbonyl (C=O) groups is 4. The third-order valence-electron chi connectivity index (χ3n) is 6.81. The molecule has 3 aliphatic rings. The van der Waals surface area contributed by atoms with Crippen molar-refractivity contribution in [2.24, 2.45) is 23.7 Å². The van der Waals surface area contributed by atoms with E-state index in [-0.39, 0.29) is 35.2 Å². The summed E-state index contributed by atoms with van der Waals surface area (Å²) in [5.74, 6) is -2.50. The molecule has 2 aliphatic carbocycles. The molecule has 0 spiro atoms. The van der Waals surface area contributed by atoms with Crippen LogP contribution in [-0.4, -0.2) is 41.2 Å². The zero-order chi connectivity index (χ0) is 24.0. The first-order valence-electron chi connectivity index (χ1n) is 10.9. The average Bonchev–Trinajstić information content (AvgIpc) is 3.43. The highest BCUT2D eigenvalue weighted by molar-refractivity contribution is 9.09. The number of hydrogen-bond acceptors (Lipinski definition) is 7. The number of benzene rings is 2. The molecule has 6 atom stereocenters. The number of hydrogen-bond donors (Lipinski definition) is 0. The lowest BCUT2D eigenvalue weighted by Gasteiger charge is -2.26. The van der Waals surface area contributed by atoms with Gasteiger partial charge in [0.2, 0.25) is 0 Å². The Kier molecular flexibility index (Phi) is 6.20. The van der Waals surface area contributed by atoms with E-state index in [1.807, 2.05) is 0 Å². The fourth-order valence-corrected chi connectivity index (χ4v) is 6.43. The number of ether oxygens (including phenoxy) is 3. The molecule has 1 heterocycles. The van der Waals surface area contributed by atoms with E-state index in [1.165, 1.54) is 24.3 Å². The molecule has 0 amide bonds. The van der Waals surface area contributed by atoms with Gasteiger partial charge in [0.25, 0.3) is 0 Å². The van der Waals surface area contributed by atoms with E-state index in [2.05, 4.69) is 15.9 Å². The van der Waals surface area contributed by atoms with E-state index >= 15 is 0 Å². The molecule has 0 radical (unpaired) electrons. The molecule has 0 N–H and O–H groups in total. The Balaban J connectivity index is 1.14. The predicted octanol–water partition coefficient (Wildman–Crippen LogP) is 3.79. The van der Waals surface area contributed by atoms with Gasteiger partial charge in [0.1, 0.15) is 11.9 Å². The molecule has 34 heavy (non-hydrogen) atoms. The van der Waals surface area contributed by atoms with E-state index in [0.717, 1.165) is 12.0 Å². The smallest absolute Gasteiger partial charge is 0.315 e. The lowest BCUT2D eigenvalue weighted by atomic mass is 9.80. The summed E-state index contributed by atoms with van der Waals surface area (Å²) in [5.41, 5.74) is 1.09. The zero-order valence-electron chi connectivity index (χ0n) is 17.8. The fourth-order valence-electron chi connectivity index (χ4n) is 5.26. The first-order chi connectivity index (χ1) is 16.3. The molecular weight excluding hydrogens is 528 g/mol. The van der Waals surface area contributed by atoms with Gasteiger partial charge in [-0.1, -0.05) is 39.7 Å². The van der Waals surface area contributed by atoms with Crippen molar-refractivity contribution in [2.75, 3.05) is 6.61 Å². The predicted molar refractivity (Wildman–Crippen MR) is 124 cm³/mol. The molecule has 2 aromatic carbocycles. The first-order valence-corrected chi connectivity index (χ1v) is 12.2.